The van der Waals surface area contributed by atoms with Crippen LogP contribution in [-0.4, -0.2) is 5.78 Å². The van der Waals surface area contributed by atoms with Gasteiger partial charge in [0.25, 0.3) is 0 Å². The normalized spacial score (nSPS) is 8.00. The molecule has 0 fully saturated rings. The SMILES string of the molecule is C.C.CC(C)C.CC(C)C.CCC.CCC.CCC(=O)C(C)C.CCC(C)C. The predicted octanol–water partition coefficient (Wildman–Crippen LogP) is 11.1. The van der Waals surface area contributed by atoms with Gasteiger partial charge in [0, 0.05) is 12.3 Å². The van der Waals surface area contributed by atoms with E-state index in [4.69, 9.17) is 0 Å². The monoisotopic (exact) mass is 409 g/mol. The van der Waals surface area contributed by atoms with Gasteiger partial charge in [0.05, 0.1) is 0 Å². The third-order valence-electron chi connectivity index (χ3n) is 1.81. The van der Waals surface area contributed by atoms with Gasteiger partial charge in [0.15, 0.2) is 0 Å². The largest absolute Gasteiger partial charge is 0.299 e. The molecule has 0 rings (SSSR count). The zero-order valence-corrected chi connectivity index (χ0v) is 22.0. The van der Waals surface area contributed by atoms with Crippen LogP contribution in [-0.2, 0) is 4.79 Å². The first kappa shape index (κ1) is 50.9. The summed E-state index contributed by atoms with van der Waals surface area (Å²) in [5.41, 5.74) is 0. The molecule has 0 saturated carbocycles. The van der Waals surface area contributed by atoms with Crippen LogP contribution in [0.4, 0.5) is 0 Å². The van der Waals surface area contributed by atoms with E-state index in [1.54, 1.807) is 0 Å². The van der Waals surface area contributed by atoms with Crippen molar-refractivity contribution in [2.75, 3.05) is 0 Å². The number of carbonyl (C=O) groups is 1. The first-order valence-electron chi connectivity index (χ1n) is 11.3. The van der Waals surface area contributed by atoms with E-state index in [0.29, 0.717) is 12.2 Å². The van der Waals surface area contributed by atoms with Gasteiger partial charge in [-0.1, -0.05) is 145 Å². The average Bonchev–Trinajstić information content (AvgIpc) is 2.47. The third kappa shape index (κ3) is 266. The summed E-state index contributed by atoms with van der Waals surface area (Å²) in [6.07, 6.45) is 4.48. The van der Waals surface area contributed by atoms with Crippen molar-refractivity contribution < 1.29 is 4.79 Å². The lowest BCUT2D eigenvalue weighted by molar-refractivity contribution is -0.121. The molecule has 0 N–H and O–H groups in total. The van der Waals surface area contributed by atoms with Crippen LogP contribution < -0.4 is 0 Å². The molecule has 0 bridgehead atoms. The number of rotatable bonds is 3. The van der Waals surface area contributed by atoms with Gasteiger partial charge in [0.1, 0.15) is 5.78 Å². The van der Waals surface area contributed by atoms with E-state index in [9.17, 15) is 4.79 Å². The van der Waals surface area contributed by atoms with Gasteiger partial charge in [-0.3, -0.25) is 4.79 Å². The lowest BCUT2D eigenvalue weighted by atomic mass is 10.1. The van der Waals surface area contributed by atoms with Crippen molar-refractivity contribution in [2.24, 2.45) is 23.7 Å². The van der Waals surface area contributed by atoms with E-state index in [0.717, 1.165) is 17.8 Å². The number of hydrogen-bond donors (Lipinski definition) is 0. The predicted molar refractivity (Wildman–Crippen MR) is 142 cm³/mol. The Hall–Kier alpha value is -0.330. The molecule has 0 heterocycles. The molecule has 0 atom stereocenters. The van der Waals surface area contributed by atoms with E-state index >= 15 is 0 Å². The third-order valence-corrected chi connectivity index (χ3v) is 1.81. The van der Waals surface area contributed by atoms with E-state index in [-0.39, 0.29) is 20.8 Å². The molecule has 0 spiro atoms. The Morgan fingerprint density at radius 1 is 0.571 bits per heavy atom. The van der Waals surface area contributed by atoms with E-state index in [1.807, 2.05) is 20.8 Å². The second kappa shape index (κ2) is 50.4. The van der Waals surface area contributed by atoms with Crippen molar-refractivity contribution in [2.45, 2.75) is 151 Å². The van der Waals surface area contributed by atoms with Crippen LogP contribution in [0.25, 0.3) is 0 Å². The zero-order chi connectivity index (χ0) is 22.7. The van der Waals surface area contributed by atoms with Crippen LogP contribution in [0.2, 0.25) is 0 Å². The van der Waals surface area contributed by atoms with Crippen molar-refractivity contribution in [3.63, 3.8) is 0 Å². The Morgan fingerprint density at radius 3 is 0.714 bits per heavy atom. The van der Waals surface area contributed by atoms with Crippen molar-refractivity contribution in [3.8, 4) is 0 Å². The molecule has 0 unspecified atom stereocenters. The Bertz CT molecular complexity index is 177. The Labute approximate surface area is 185 Å². The summed E-state index contributed by atoms with van der Waals surface area (Å²) in [4.78, 5) is 10.5. The number of carbonyl (C=O) groups excluding carboxylic acids is 1. The number of hydrogen-bond acceptors (Lipinski definition) is 1. The fraction of sp³-hybridized carbons (Fsp3) is 0.963. The maximum Gasteiger partial charge on any atom is 0.135 e. The topological polar surface area (TPSA) is 17.1 Å². The van der Waals surface area contributed by atoms with Crippen molar-refractivity contribution >= 4 is 5.78 Å². The number of Topliss-reactive ketones (excluding diaryl/α,β-unsaturated/α-hetero) is 1. The highest BCUT2D eigenvalue weighted by molar-refractivity contribution is 5.79. The average molecular weight is 409 g/mol. The van der Waals surface area contributed by atoms with Gasteiger partial charge in [0.2, 0.25) is 0 Å². The van der Waals surface area contributed by atoms with Crippen LogP contribution >= 0.6 is 0 Å². The molecule has 0 aliphatic carbocycles. The van der Waals surface area contributed by atoms with Gasteiger partial charge in [-0.2, -0.15) is 0 Å². The fourth-order valence-electron chi connectivity index (χ4n) is 0.408. The van der Waals surface area contributed by atoms with Gasteiger partial charge in [-0.15, -0.1) is 0 Å². The van der Waals surface area contributed by atoms with Crippen LogP contribution in [0.5, 0.6) is 0 Å². The molecular formula is C27H68O. The highest BCUT2D eigenvalue weighted by Crippen LogP contribution is 1.95. The molecule has 0 aliphatic rings. The quantitative estimate of drug-likeness (QED) is 0.453. The highest BCUT2D eigenvalue weighted by Gasteiger charge is 2.00. The molecule has 0 aromatic carbocycles. The minimum absolute atomic E-state index is 0. The van der Waals surface area contributed by atoms with Gasteiger partial charge in [-0.05, 0) is 17.8 Å². The fourth-order valence-corrected chi connectivity index (χ4v) is 0.408. The summed E-state index contributed by atoms with van der Waals surface area (Å²) < 4.78 is 0. The van der Waals surface area contributed by atoms with Crippen LogP contribution in [0.3, 0.4) is 0 Å². The minimum Gasteiger partial charge on any atom is -0.299 e. The van der Waals surface area contributed by atoms with Gasteiger partial charge >= 0.3 is 0 Å². The molecule has 0 aliphatic heterocycles. The van der Waals surface area contributed by atoms with Crippen LogP contribution in [0.1, 0.15) is 151 Å². The molecule has 28 heavy (non-hydrogen) atoms. The molecule has 0 amide bonds. The first-order chi connectivity index (χ1) is 11.7. The summed E-state index contributed by atoms with van der Waals surface area (Å²) in [5.74, 6) is 3.12. The minimum atomic E-state index is 0. The van der Waals surface area contributed by atoms with E-state index in [1.165, 1.54) is 19.3 Å². The highest BCUT2D eigenvalue weighted by atomic mass is 16.1. The molecule has 182 valence electrons. The maximum atomic E-state index is 10.5. The first-order valence-corrected chi connectivity index (χ1v) is 11.3. The van der Waals surface area contributed by atoms with Gasteiger partial charge in [-0.25, -0.2) is 0 Å². The van der Waals surface area contributed by atoms with E-state index < -0.39 is 0 Å². The Morgan fingerprint density at radius 2 is 0.714 bits per heavy atom. The zero-order valence-electron chi connectivity index (χ0n) is 22.0. The molecule has 0 aromatic heterocycles. The van der Waals surface area contributed by atoms with E-state index in [2.05, 4.69) is 90.0 Å². The molecule has 0 radical (unpaired) electrons. The molecule has 0 aromatic rings. The number of ketones is 1. The lowest BCUT2D eigenvalue weighted by Crippen LogP contribution is -2.03. The standard InChI is InChI=1S/C6H12O.C5H12.2C4H10.2C3H8.2CH4/c1-4-6(7)5(2)3;1-4-5(2)3;2*1-4(2)3;2*1-3-2;;/h5H,4H2,1-3H3;5H,4H2,1-3H3;2*4H,1-3H3;2*3H2,1-2H3;2*1H4. The Balaban J connectivity index is -0.0000000290. The van der Waals surface area contributed by atoms with Crippen molar-refractivity contribution in [1.82, 2.24) is 0 Å². The summed E-state index contributed by atoms with van der Waals surface area (Å²) in [6, 6.07) is 0. The lowest BCUT2D eigenvalue weighted by Gasteiger charge is -1.96. The second-order valence-corrected chi connectivity index (χ2v) is 8.65. The summed E-state index contributed by atoms with van der Waals surface area (Å²) in [5, 5.41) is 0. The molecule has 0 saturated heterocycles. The van der Waals surface area contributed by atoms with Crippen molar-refractivity contribution in [1.29, 1.82) is 0 Å². The summed E-state index contributed by atoms with van der Waals surface area (Å²) in [6.45, 7) is 33.9. The van der Waals surface area contributed by atoms with Crippen LogP contribution in [0.15, 0.2) is 0 Å². The molecular weight excluding hydrogens is 340 g/mol. The summed E-state index contributed by atoms with van der Waals surface area (Å²) in [7, 11) is 0. The molecule has 1 heteroatoms. The second-order valence-electron chi connectivity index (χ2n) is 8.65. The maximum absolute atomic E-state index is 10.5. The molecule has 1 nitrogen and oxygen atoms in total. The summed E-state index contributed by atoms with van der Waals surface area (Å²) >= 11 is 0. The van der Waals surface area contributed by atoms with Crippen molar-refractivity contribution in [3.05, 3.63) is 0 Å². The van der Waals surface area contributed by atoms with Crippen LogP contribution in [0, 0.1) is 23.7 Å². The Kier molecular flexibility index (Phi) is 91.6. The van der Waals surface area contributed by atoms with Gasteiger partial charge < -0.3 is 0 Å². The smallest absolute Gasteiger partial charge is 0.135 e.